The van der Waals surface area contributed by atoms with Gasteiger partial charge in [0.1, 0.15) is 17.3 Å². The van der Waals surface area contributed by atoms with E-state index in [1.165, 1.54) is 12.4 Å². The van der Waals surface area contributed by atoms with Crippen LogP contribution >= 0.6 is 11.6 Å². The molecule has 1 amide bonds. The van der Waals surface area contributed by atoms with Gasteiger partial charge in [-0.05, 0) is 6.42 Å². The van der Waals surface area contributed by atoms with E-state index in [9.17, 15) is 4.79 Å². The van der Waals surface area contributed by atoms with E-state index in [2.05, 4.69) is 22.2 Å². The molecule has 1 rings (SSSR count). The van der Waals surface area contributed by atoms with Crippen LogP contribution in [-0.2, 0) is 4.79 Å². The lowest BCUT2D eigenvalue weighted by molar-refractivity contribution is -0.116. The van der Waals surface area contributed by atoms with Gasteiger partial charge < -0.3 is 5.32 Å². The summed E-state index contributed by atoms with van der Waals surface area (Å²) >= 11 is 5.65. The van der Waals surface area contributed by atoms with Crippen LogP contribution in [0.3, 0.4) is 0 Å². The van der Waals surface area contributed by atoms with Gasteiger partial charge in [-0.1, -0.05) is 31.4 Å². The van der Waals surface area contributed by atoms with Crippen molar-refractivity contribution in [1.29, 1.82) is 0 Å². The Kier molecular flexibility index (Phi) is 5.04. The number of aromatic nitrogens is 2. The van der Waals surface area contributed by atoms with Gasteiger partial charge in [0.2, 0.25) is 5.91 Å². The third-order valence-electron chi connectivity index (χ3n) is 1.91. The van der Waals surface area contributed by atoms with Crippen molar-refractivity contribution >= 4 is 23.3 Å². The van der Waals surface area contributed by atoms with E-state index in [1.807, 2.05) is 0 Å². The number of carbonyl (C=O) groups excluding carboxylic acids is 1. The number of unbranched alkanes of at least 4 members (excludes halogenated alkanes) is 2. The molecule has 1 aromatic rings. The summed E-state index contributed by atoms with van der Waals surface area (Å²) in [4.78, 5) is 19.0. The number of nitrogens with one attached hydrogen (secondary N) is 1. The molecule has 0 radical (unpaired) electrons. The Morgan fingerprint density at radius 3 is 2.93 bits per heavy atom. The number of anilines is 1. The topological polar surface area (TPSA) is 54.9 Å². The molecule has 0 aromatic carbocycles. The zero-order chi connectivity index (χ0) is 11.1. The van der Waals surface area contributed by atoms with Crippen molar-refractivity contribution in [2.75, 3.05) is 5.32 Å². The van der Waals surface area contributed by atoms with Crippen LogP contribution in [0.4, 0.5) is 5.82 Å². The van der Waals surface area contributed by atoms with E-state index < -0.39 is 0 Å². The van der Waals surface area contributed by atoms with E-state index in [0.29, 0.717) is 17.4 Å². The Bertz CT molecular complexity index is 330. The maximum Gasteiger partial charge on any atom is 0.225 e. The Morgan fingerprint density at radius 2 is 2.27 bits per heavy atom. The van der Waals surface area contributed by atoms with Gasteiger partial charge in [0.15, 0.2) is 0 Å². The standard InChI is InChI=1S/C10H14ClN3O/c1-2-3-4-5-10(15)14-9-6-8(11)12-7-13-9/h6-7H,2-5H2,1H3,(H,12,13,14,15). The van der Waals surface area contributed by atoms with Crippen molar-refractivity contribution in [2.24, 2.45) is 0 Å². The molecule has 0 saturated heterocycles. The first-order valence-electron chi connectivity index (χ1n) is 4.99. The van der Waals surface area contributed by atoms with Crippen LogP contribution in [-0.4, -0.2) is 15.9 Å². The Labute approximate surface area is 94.1 Å². The molecule has 0 atom stereocenters. The number of amides is 1. The van der Waals surface area contributed by atoms with E-state index >= 15 is 0 Å². The summed E-state index contributed by atoms with van der Waals surface area (Å²) in [6, 6.07) is 1.53. The molecule has 0 fully saturated rings. The van der Waals surface area contributed by atoms with Crippen molar-refractivity contribution in [1.82, 2.24) is 9.97 Å². The zero-order valence-corrected chi connectivity index (χ0v) is 9.42. The Hall–Kier alpha value is -1.16. The fourth-order valence-corrected chi connectivity index (χ4v) is 1.29. The molecule has 0 aliphatic carbocycles. The molecule has 15 heavy (non-hydrogen) atoms. The van der Waals surface area contributed by atoms with Crippen LogP contribution in [0.25, 0.3) is 0 Å². The molecule has 1 N–H and O–H groups in total. The number of carbonyl (C=O) groups is 1. The fraction of sp³-hybridized carbons (Fsp3) is 0.500. The molecule has 1 aromatic heterocycles. The van der Waals surface area contributed by atoms with Gasteiger partial charge in [0, 0.05) is 12.5 Å². The predicted molar refractivity (Wildman–Crippen MR) is 59.8 cm³/mol. The van der Waals surface area contributed by atoms with Crippen molar-refractivity contribution < 1.29 is 4.79 Å². The number of rotatable bonds is 5. The molecule has 1 heterocycles. The molecule has 0 aliphatic heterocycles. The summed E-state index contributed by atoms with van der Waals surface area (Å²) in [7, 11) is 0. The van der Waals surface area contributed by atoms with Crippen LogP contribution in [0.15, 0.2) is 12.4 Å². The summed E-state index contributed by atoms with van der Waals surface area (Å²) in [5.74, 6) is 0.426. The average molecular weight is 228 g/mol. The molecule has 0 bridgehead atoms. The highest BCUT2D eigenvalue weighted by atomic mass is 35.5. The first-order chi connectivity index (χ1) is 7.22. The molecule has 0 aliphatic rings. The maximum atomic E-state index is 11.4. The second-order valence-electron chi connectivity index (χ2n) is 3.23. The van der Waals surface area contributed by atoms with E-state index in [4.69, 9.17) is 11.6 Å². The smallest absolute Gasteiger partial charge is 0.225 e. The van der Waals surface area contributed by atoms with Crippen molar-refractivity contribution in [3.63, 3.8) is 0 Å². The fourth-order valence-electron chi connectivity index (χ4n) is 1.14. The summed E-state index contributed by atoms with van der Waals surface area (Å²) in [5, 5.41) is 2.99. The SMILES string of the molecule is CCCCCC(=O)Nc1cc(Cl)ncn1. The van der Waals surface area contributed by atoms with Crippen LogP contribution in [0.2, 0.25) is 5.15 Å². The highest BCUT2D eigenvalue weighted by Crippen LogP contribution is 2.09. The van der Waals surface area contributed by atoms with Crippen molar-refractivity contribution in [3.05, 3.63) is 17.5 Å². The quantitative estimate of drug-likeness (QED) is 0.622. The number of hydrogen-bond donors (Lipinski definition) is 1. The van der Waals surface area contributed by atoms with Crippen molar-refractivity contribution in [3.8, 4) is 0 Å². The molecule has 5 heteroatoms. The Balaban J connectivity index is 2.37. The number of hydrogen-bond acceptors (Lipinski definition) is 3. The van der Waals surface area contributed by atoms with E-state index in [0.717, 1.165) is 19.3 Å². The first kappa shape index (κ1) is 11.9. The molecular weight excluding hydrogens is 214 g/mol. The zero-order valence-electron chi connectivity index (χ0n) is 8.66. The lowest BCUT2D eigenvalue weighted by Gasteiger charge is -2.03. The highest BCUT2D eigenvalue weighted by Gasteiger charge is 2.03. The monoisotopic (exact) mass is 227 g/mol. The minimum absolute atomic E-state index is 0.0294. The van der Waals surface area contributed by atoms with Crippen LogP contribution in [0, 0.1) is 0 Å². The summed E-state index contributed by atoms with van der Waals surface area (Å²) < 4.78 is 0. The van der Waals surface area contributed by atoms with E-state index in [1.54, 1.807) is 0 Å². The lowest BCUT2D eigenvalue weighted by atomic mass is 10.2. The van der Waals surface area contributed by atoms with Crippen LogP contribution < -0.4 is 5.32 Å². The molecule has 0 unspecified atom stereocenters. The minimum atomic E-state index is -0.0294. The van der Waals surface area contributed by atoms with Gasteiger partial charge in [-0.25, -0.2) is 9.97 Å². The number of nitrogens with zero attached hydrogens (tertiary/aromatic N) is 2. The summed E-state index contributed by atoms with van der Waals surface area (Å²) in [6.07, 6.45) is 4.92. The second-order valence-corrected chi connectivity index (χ2v) is 3.62. The van der Waals surface area contributed by atoms with Gasteiger partial charge in [0.05, 0.1) is 0 Å². The molecular formula is C10H14ClN3O. The normalized spacial score (nSPS) is 10.0. The van der Waals surface area contributed by atoms with Crippen LogP contribution in [0.5, 0.6) is 0 Å². The number of halogens is 1. The van der Waals surface area contributed by atoms with Gasteiger partial charge >= 0.3 is 0 Å². The van der Waals surface area contributed by atoms with Crippen molar-refractivity contribution in [2.45, 2.75) is 32.6 Å². The molecule has 82 valence electrons. The maximum absolute atomic E-state index is 11.4. The second kappa shape index (κ2) is 6.35. The highest BCUT2D eigenvalue weighted by molar-refractivity contribution is 6.29. The molecule has 0 spiro atoms. The average Bonchev–Trinajstić information content (AvgIpc) is 2.18. The summed E-state index contributed by atoms with van der Waals surface area (Å²) in [5.41, 5.74) is 0. The van der Waals surface area contributed by atoms with Gasteiger partial charge in [-0.2, -0.15) is 0 Å². The lowest BCUT2D eigenvalue weighted by Crippen LogP contribution is -2.12. The summed E-state index contributed by atoms with van der Waals surface area (Å²) in [6.45, 7) is 2.10. The third kappa shape index (κ3) is 4.74. The van der Waals surface area contributed by atoms with Crippen LogP contribution in [0.1, 0.15) is 32.6 Å². The molecule has 0 saturated carbocycles. The minimum Gasteiger partial charge on any atom is -0.311 e. The largest absolute Gasteiger partial charge is 0.311 e. The predicted octanol–water partition coefficient (Wildman–Crippen LogP) is 2.65. The Morgan fingerprint density at radius 1 is 1.47 bits per heavy atom. The van der Waals surface area contributed by atoms with Gasteiger partial charge in [-0.15, -0.1) is 0 Å². The molecule has 4 nitrogen and oxygen atoms in total. The third-order valence-corrected chi connectivity index (χ3v) is 2.12. The first-order valence-corrected chi connectivity index (χ1v) is 5.37. The van der Waals surface area contributed by atoms with E-state index in [-0.39, 0.29) is 5.91 Å². The van der Waals surface area contributed by atoms with Gasteiger partial charge in [0.25, 0.3) is 0 Å². The van der Waals surface area contributed by atoms with Gasteiger partial charge in [-0.3, -0.25) is 4.79 Å².